The number of piperidine rings is 1. The maximum atomic E-state index is 12.3. The van der Waals surface area contributed by atoms with Crippen molar-refractivity contribution in [3.8, 4) is 0 Å². The minimum atomic E-state index is -0.929. The van der Waals surface area contributed by atoms with Crippen LogP contribution in [0.4, 0.5) is 11.4 Å². The molecule has 0 aromatic heterocycles. The molecule has 1 amide bonds. The molecule has 0 bridgehead atoms. The summed E-state index contributed by atoms with van der Waals surface area (Å²) in [4.78, 5) is 36.1. The number of nitrogens with one attached hydrogen (secondary N) is 1. The first kappa shape index (κ1) is 20.7. The molecule has 0 saturated carbocycles. The number of carboxylic acids is 1. The highest BCUT2D eigenvalue weighted by atomic mass is 16.6. The monoisotopic (exact) mass is 377 g/mol. The molecular weight excluding hydrogens is 350 g/mol. The molecule has 0 radical (unpaired) electrons. The van der Waals surface area contributed by atoms with Crippen molar-refractivity contribution in [3.05, 3.63) is 33.9 Å². The molecule has 3 atom stereocenters. The highest BCUT2D eigenvalue weighted by Crippen LogP contribution is 2.33. The van der Waals surface area contributed by atoms with Crippen LogP contribution < -0.4 is 10.2 Å². The number of hydrogen-bond donors (Lipinski definition) is 2. The Kier molecular flexibility index (Phi) is 6.76. The number of carboxylic acid groups (broad SMARTS) is 1. The average molecular weight is 377 g/mol. The third-order valence-corrected chi connectivity index (χ3v) is 4.78. The average Bonchev–Trinajstić information content (AvgIpc) is 2.57. The molecule has 3 unspecified atom stereocenters. The Morgan fingerprint density at radius 3 is 2.52 bits per heavy atom. The van der Waals surface area contributed by atoms with E-state index < -0.39 is 16.8 Å². The lowest BCUT2D eigenvalue weighted by Crippen LogP contribution is -2.39. The predicted octanol–water partition coefficient (Wildman–Crippen LogP) is 2.92. The predicted molar refractivity (Wildman–Crippen MR) is 102 cm³/mol. The van der Waals surface area contributed by atoms with Gasteiger partial charge in [-0.15, -0.1) is 0 Å². The number of carbonyl (C=O) groups excluding carboxylic acids is 1. The van der Waals surface area contributed by atoms with Gasteiger partial charge in [-0.3, -0.25) is 19.7 Å². The van der Waals surface area contributed by atoms with E-state index >= 15 is 0 Å². The number of hydrogen-bond acceptors (Lipinski definition) is 5. The summed E-state index contributed by atoms with van der Waals surface area (Å²) < 4.78 is 0. The fourth-order valence-corrected chi connectivity index (χ4v) is 3.68. The maximum Gasteiger partial charge on any atom is 0.303 e. The van der Waals surface area contributed by atoms with Crippen molar-refractivity contribution in [2.75, 3.05) is 24.5 Å². The number of nitro benzene ring substituents is 1. The molecule has 8 nitrogen and oxygen atoms in total. The number of nitro groups is 1. The van der Waals surface area contributed by atoms with E-state index in [2.05, 4.69) is 19.2 Å². The molecule has 2 N–H and O–H groups in total. The van der Waals surface area contributed by atoms with Gasteiger partial charge in [-0.05, 0) is 36.3 Å². The van der Waals surface area contributed by atoms with Crippen molar-refractivity contribution in [2.24, 2.45) is 17.8 Å². The minimum Gasteiger partial charge on any atom is -0.481 e. The van der Waals surface area contributed by atoms with Crippen molar-refractivity contribution < 1.29 is 19.6 Å². The van der Waals surface area contributed by atoms with E-state index in [-0.39, 0.29) is 30.1 Å². The molecule has 148 valence electrons. The van der Waals surface area contributed by atoms with Crippen LogP contribution in [0.15, 0.2) is 18.2 Å². The molecule has 1 saturated heterocycles. The molecule has 1 fully saturated rings. The second-order valence-electron chi connectivity index (χ2n) is 7.72. The zero-order chi connectivity index (χ0) is 20.1. The summed E-state index contributed by atoms with van der Waals surface area (Å²) in [7, 11) is 0. The molecule has 1 aliphatic heterocycles. The smallest absolute Gasteiger partial charge is 0.303 e. The van der Waals surface area contributed by atoms with Crippen molar-refractivity contribution in [1.29, 1.82) is 0 Å². The number of anilines is 1. The van der Waals surface area contributed by atoms with E-state index in [4.69, 9.17) is 5.11 Å². The number of amides is 1. The van der Waals surface area contributed by atoms with Gasteiger partial charge < -0.3 is 15.3 Å². The third-order valence-electron chi connectivity index (χ3n) is 4.78. The van der Waals surface area contributed by atoms with Crippen molar-refractivity contribution >= 4 is 23.3 Å². The van der Waals surface area contributed by atoms with Gasteiger partial charge in [0.05, 0.1) is 4.92 Å². The van der Waals surface area contributed by atoms with Gasteiger partial charge in [-0.25, -0.2) is 0 Å². The number of carbonyl (C=O) groups is 2. The van der Waals surface area contributed by atoms with E-state index in [0.29, 0.717) is 17.5 Å². The second kappa shape index (κ2) is 8.83. The lowest BCUT2D eigenvalue weighted by Gasteiger charge is -2.36. The van der Waals surface area contributed by atoms with Gasteiger partial charge in [0.15, 0.2) is 0 Å². The molecule has 8 heteroatoms. The standard InChI is InChI=1S/C19H27N3O5/c1-12(7-18(23)24)9-20-19(25)15-4-5-16(17(8-15)22(26)27)21-10-13(2)6-14(3)11-21/h4-5,8,12-14H,6-7,9-11H2,1-3H3,(H,20,25)(H,23,24). The van der Waals surface area contributed by atoms with Gasteiger partial charge in [0.25, 0.3) is 11.6 Å². The second-order valence-corrected chi connectivity index (χ2v) is 7.72. The van der Waals surface area contributed by atoms with Crippen LogP contribution in [-0.4, -0.2) is 41.5 Å². The third kappa shape index (κ3) is 5.67. The quantitative estimate of drug-likeness (QED) is 0.558. The SMILES string of the molecule is CC(CNC(=O)c1ccc(N2CC(C)CC(C)C2)c([N+](=O)[O-])c1)CC(=O)O. The van der Waals surface area contributed by atoms with Crippen LogP contribution >= 0.6 is 0 Å². The van der Waals surface area contributed by atoms with Crippen molar-refractivity contribution in [2.45, 2.75) is 33.6 Å². The minimum absolute atomic E-state index is 0.0509. The summed E-state index contributed by atoms with van der Waals surface area (Å²) in [6, 6.07) is 4.53. The zero-order valence-corrected chi connectivity index (χ0v) is 16.0. The molecule has 1 aromatic carbocycles. The lowest BCUT2D eigenvalue weighted by molar-refractivity contribution is -0.384. The van der Waals surface area contributed by atoms with E-state index in [1.165, 1.54) is 6.07 Å². The van der Waals surface area contributed by atoms with E-state index in [1.807, 2.05) is 4.90 Å². The topological polar surface area (TPSA) is 113 Å². The van der Waals surface area contributed by atoms with Crippen LogP contribution in [0, 0.1) is 27.9 Å². The first-order chi connectivity index (χ1) is 12.7. The maximum absolute atomic E-state index is 12.3. The molecule has 2 rings (SSSR count). The van der Waals surface area contributed by atoms with E-state index in [0.717, 1.165) is 19.5 Å². The van der Waals surface area contributed by atoms with Gasteiger partial charge in [0, 0.05) is 37.7 Å². The highest BCUT2D eigenvalue weighted by molar-refractivity contribution is 5.95. The van der Waals surface area contributed by atoms with Gasteiger partial charge in [0.1, 0.15) is 5.69 Å². The Morgan fingerprint density at radius 2 is 1.96 bits per heavy atom. The Balaban J connectivity index is 2.16. The number of aliphatic carboxylic acids is 1. The van der Waals surface area contributed by atoms with E-state index in [1.54, 1.807) is 19.1 Å². The van der Waals surface area contributed by atoms with Crippen molar-refractivity contribution in [1.82, 2.24) is 5.32 Å². The van der Waals surface area contributed by atoms with Gasteiger partial charge in [-0.1, -0.05) is 20.8 Å². The normalized spacial score (nSPS) is 20.8. The molecule has 1 aromatic rings. The molecule has 27 heavy (non-hydrogen) atoms. The van der Waals surface area contributed by atoms with Crippen molar-refractivity contribution in [3.63, 3.8) is 0 Å². The molecule has 0 spiro atoms. The van der Waals surface area contributed by atoms with Crippen LogP contribution in [0.25, 0.3) is 0 Å². The molecule has 0 aliphatic carbocycles. The highest BCUT2D eigenvalue weighted by Gasteiger charge is 2.28. The molecule has 1 aliphatic rings. The van der Waals surface area contributed by atoms with E-state index in [9.17, 15) is 19.7 Å². The summed E-state index contributed by atoms with van der Waals surface area (Å²) in [5, 5.41) is 23.0. The zero-order valence-electron chi connectivity index (χ0n) is 16.0. The lowest BCUT2D eigenvalue weighted by atomic mass is 9.91. The summed E-state index contributed by atoms with van der Waals surface area (Å²) in [5.41, 5.74) is 0.655. The summed E-state index contributed by atoms with van der Waals surface area (Å²) in [5.74, 6) is -0.694. The van der Waals surface area contributed by atoms with Gasteiger partial charge in [0.2, 0.25) is 0 Å². The summed E-state index contributed by atoms with van der Waals surface area (Å²) in [6.07, 6.45) is 1.05. The van der Waals surface area contributed by atoms with Gasteiger partial charge >= 0.3 is 5.97 Å². The van der Waals surface area contributed by atoms with Crippen LogP contribution in [0.2, 0.25) is 0 Å². The number of rotatable bonds is 7. The summed E-state index contributed by atoms with van der Waals surface area (Å²) in [6.45, 7) is 7.69. The van der Waals surface area contributed by atoms with Gasteiger partial charge in [-0.2, -0.15) is 0 Å². The molecule has 1 heterocycles. The Bertz CT molecular complexity index is 711. The van der Waals surface area contributed by atoms with Crippen LogP contribution in [0.1, 0.15) is 44.0 Å². The van der Waals surface area contributed by atoms with Crippen LogP contribution in [0.5, 0.6) is 0 Å². The van der Waals surface area contributed by atoms with Crippen LogP contribution in [0.3, 0.4) is 0 Å². The largest absolute Gasteiger partial charge is 0.481 e. The fraction of sp³-hybridized carbons (Fsp3) is 0.579. The summed E-state index contributed by atoms with van der Waals surface area (Å²) >= 11 is 0. The Labute approximate surface area is 158 Å². The Morgan fingerprint density at radius 1 is 1.33 bits per heavy atom. The first-order valence-electron chi connectivity index (χ1n) is 9.20. The van der Waals surface area contributed by atoms with Crippen LogP contribution in [-0.2, 0) is 4.79 Å². The molecular formula is C19H27N3O5. The first-order valence-corrected chi connectivity index (χ1v) is 9.20. The number of benzene rings is 1. The fourth-order valence-electron chi connectivity index (χ4n) is 3.68. The number of nitrogens with zero attached hydrogens (tertiary/aromatic N) is 2. The Hall–Kier alpha value is -2.64.